The molecule has 3 N–H and O–H groups in total. The van der Waals surface area contributed by atoms with E-state index in [1.807, 2.05) is 18.2 Å². The van der Waals surface area contributed by atoms with Crippen molar-refractivity contribution in [3.8, 4) is 0 Å². The zero-order chi connectivity index (χ0) is 12.1. The van der Waals surface area contributed by atoms with Gasteiger partial charge >= 0.3 is 0 Å². The molecule has 0 bridgehead atoms. The molecule has 0 amide bonds. The Balaban J connectivity index is 1.79. The lowest BCUT2D eigenvalue weighted by Gasteiger charge is -2.23. The number of rotatable bonds is 4. The second-order valence-electron chi connectivity index (χ2n) is 4.47. The van der Waals surface area contributed by atoms with Gasteiger partial charge in [-0.3, -0.25) is 0 Å². The third kappa shape index (κ3) is 4.09. The standard InChI is InChI=1S/C13H19ClN2S/c14-10-4-5-12(15)13(9-10)17-8-6-11-3-1-2-7-16-11/h4-5,9,11,16H,1-3,6-8,15H2. The first-order valence-electron chi connectivity index (χ1n) is 6.17. The number of benzene rings is 1. The fraction of sp³-hybridized carbons (Fsp3) is 0.538. The van der Waals surface area contributed by atoms with E-state index in [-0.39, 0.29) is 0 Å². The molecule has 0 saturated carbocycles. The van der Waals surface area contributed by atoms with Gasteiger partial charge in [-0.15, -0.1) is 11.8 Å². The number of anilines is 1. The van der Waals surface area contributed by atoms with Crippen LogP contribution in [0.5, 0.6) is 0 Å². The molecule has 1 fully saturated rings. The smallest absolute Gasteiger partial charge is 0.0453 e. The summed E-state index contributed by atoms with van der Waals surface area (Å²) >= 11 is 7.77. The van der Waals surface area contributed by atoms with Gasteiger partial charge in [0.1, 0.15) is 0 Å². The summed E-state index contributed by atoms with van der Waals surface area (Å²) in [5, 5.41) is 4.32. The maximum absolute atomic E-state index is 5.96. The first-order chi connectivity index (χ1) is 8.25. The molecule has 1 aliphatic heterocycles. The summed E-state index contributed by atoms with van der Waals surface area (Å²) in [5.74, 6) is 1.10. The fourth-order valence-corrected chi connectivity index (χ4v) is 3.42. The van der Waals surface area contributed by atoms with Crippen molar-refractivity contribution in [2.75, 3.05) is 18.0 Å². The zero-order valence-corrected chi connectivity index (χ0v) is 11.5. The van der Waals surface area contributed by atoms with E-state index >= 15 is 0 Å². The lowest BCUT2D eigenvalue weighted by molar-refractivity contribution is 0.395. The maximum atomic E-state index is 5.96. The lowest BCUT2D eigenvalue weighted by atomic mass is 10.0. The Morgan fingerprint density at radius 1 is 1.41 bits per heavy atom. The number of halogens is 1. The number of hydrogen-bond acceptors (Lipinski definition) is 3. The molecule has 0 aromatic heterocycles. The maximum Gasteiger partial charge on any atom is 0.0453 e. The van der Waals surface area contributed by atoms with Gasteiger partial charge in [-0.25, -0.2) is 0 Å². The van der Waals surface area contributed by atoms with Crippen LogP contribution in [0.3, 0.4) is 0 Å². The van der Waals surface area contributed by atoms with Crippen molar-refractivity contribution in [2.24, 2.45) is 0 Å². The van der Waals surface area contributed by atoms with E-state index in [1.54, 1.807) is 11.8 Å². The molecule has 2 rings (SSSR count). The van der Waals surface area contributed by atoms with Gasteiger partial charge in [0.05, 0.1) is 0 Å². The Bertz CT molecular complexity index is 364. The lowest BCUT2D eigenvalue weighted by Crippen LogP contribution is -2.34. The summed E-state index contributed by atoms with van der Waals surface area (Å²) in [5.41, 5.74) is 6.74. The molecule has 0 aliphatic carbocycles. The molecule has 1 heterocycles. The van der Waals surface area contributed by atoms with Crippen LogP contribution in [-0.2, 0) is 0 Å². The molecule has 4 heteroatoms. The second kappa shape index (κ2) is 6.53. The number of nitrogens with two attached hydrogens (primary N) is 1. The largest absolute Gasteiger partial charge is 0.398 e. The van der Waals surface area contributed by atoms with Gasteiger partial charge in [0, 0.05) is 21.6 Å². The minimum absolute atomic E-state index is 0.691. The third-order valence-electron chi connectivity index (χ3n) is 3.11. The van der Waals surface area contributed by atoms with Crippen LogP contribution in [0.4, 0.5) is 5.69 Å². The normalized spacial score (nSPS) is 20.4. The molecular weight excluding hydrogens is 252 g/mol. The molecule has 1 saturated heterocycles. The average molecular weight is 271 g/mol. The second-order valence-corrected chi connectivity index (χ2v) is 6.04. The topological polar surface area (TPSA) is 38.0 Å². The van der Waals surface area contributed by atoms with Gasteiger partial charge in [0.2, 0.25) is 0 Å². The van der Waals surface area contributed by atoms with Crippen LogP contribution in [0.1, 0.15) is 25.7 Å². The van der Waals surface area contributed by atoms with Gasteiger partial charge in [0.15, 0.2) is 0 Å². The van der Waals surface area contributed by atoms with Crippen molar-refractivity contribution in [3.05, 3.63) is 23.2 Å². The number of nitrogen functional groups attached to an aromatic ring is 1. The molecule has 1 aromatic carbocycles. The molecule has 94 valence electrons. The van der Waals surface area contributed by atoms with Gasteiger partial charge in [-0.1, -0.05) is 18.0 Å². The van der Waals surface area contributed by atoms with Crippen LogP contribution < -0.4 is 11.1 Å². The SMILES string of the molecule is Nc1ccc(Cl)cc1SCCC1CCCCN1. The van der Waals surface area contributed by atoms with E-state index < -0.39 is 0 Å². The molecule has 1 aliphatic rings. The first-order valence-corrected chi connectivity index (χ1v) is 7.53. The summed E-state index contributed by atoms with van der Waals surface area (Å²) in [4.78, 5) is 1.10. The highest BCUT2D eigenvalue weighted by atomic mass is 35.5. The molecular formula is C13H19ClN2S. The van der Waals surface area contributed by atoms with E-state index in [9.17, 15) is 0 Å². The number of thioether (sulfide) groups is 1. The Labute approximate surface area is 112 Å². The number of piperidine rings is 1. The average Bonchev–Trinajstić information content (AvgIpc) is 2.35. The van der Waals surface area contributed by atoms with Crippen LogP contribution in [0.2, 0.25) is 5.02 Å². The third-order valence-corrected chi connectivity index (χ3v) is 4.45. The van der Waals surface area contributed by atoms with E-state index in [0.29, 0.717) is 6.04 Å². The molecule has 2 nitrogen and oxygen atoms in total. The minimum atomic E-state index is 0.691. The van der Waals surface area contributed by atoms with Crippen LogP contribution in [0.25, 0.3) is 0 Å². The predicted molar refractivity (Wildman–Crippen MR) is 76.8 cm³/mol. The molecule has 0 spiro atoms. The highest BCUT2D eigenvalue weighted by molar-refractivity contribution is 7.99. The summed E-state index contributed by atoms with van der Waals surface area (Å²) in [6.07, 6.45) is 5.20. The van der Waals surface area contributed by atoms with Crippen LogP contribution in [-0.4, -0.2) is 18.3 Å². The van der Waals surface area contributed by atoms with E-state index in [1.165, 1.54) is 32.2 Å². The van der Waals surface area contributed by atoms with E-state index in [0.717, 1.165) is 21.4 Å². The van der Waals surface area contributed by atoms with Crippen molar-refractivity contribution < 1.29 is 0 Å². The quantitative estimate of drug-likeness (QED) is 0.649. The monoisotopic (exact) mass is 270 g/mol. The van der Waals surface area contributed by atoms with Crippen molar-refractivity contribution in [1.82, 2.24) is 5.32 Å². The Kier molecular flexibility index (Phi) is 5.01. The molecule has 1 unspecified atom stereocenters. The van der Waals surface area contributed by atoms with Crippen LogP contribution >= 0.6 is 23.4 Å². The van der Waals surface area contributed by atoms with Gasteiger partial charge in [-0.2, -0.15) is 0 Å². The predicted octanol–water partition coefficient (Wildman–Crippen LogP) is 3.55. The summed E-state index contributed by atoms with van der Waals surface area (Å²) in [6.45, 7) is 1.18. The van der Waals surface area contributed by atoms with Gasteiger partial charge in [0.25, 0.3) is 0 Å². The van der Waals surface area contributed by atoms with Crippen molar-refractivity contribution in [3.63, 3.8) is 0 Å². The summed E-state index contributed by atoms with van der Waals surface area (Å²) < 4.78 is 0. The molecule has 17 heavy (non-hydrogen) atoms. The highest BCUT2D eigenvalue weighted by Crippen LogP contribution is 2.29. The molecule has 0 radical (unpaired) electrons. The van der Waals surface area contributed by atoms with Crippen LogP contribution in [0.15, 0.2) is 23.1 Å². The fourth-order valence-electron chi connectivity index (χ4n) is 2.11. The summed E-state index contributed by atoms with van der Waals surface area (Å²) in [6, 6.07) is 6.36. The van der Waals surface area contributed by atoms with Gasteiger partial charge < -0.3 is 11.1 Å². The van der Waals surface area contributed by atoms with E-state index in [4.69, 9.17) is 17.3 Å². The van der Waals surface area contributed by atoms with Crippen molar-refractivity contribution >= 4 is 29.1 Å². The first kappa shape index (κ1) is 13.1. The molecule has 1 aromatic rings. The Morgan fingerprint density at radius 3 is 3.06 bits per heavy atom. The summed E-state index contributed by atoms with van der Waals surface area (Å²) in [7, 11) is 0. The van der Waals surface area contributed by atoms with Crippen molar-refractivity contribution in [1.29, 1.82) is 0 Å². The Hall–Kier alpha value is -0.380. The van der Waals surface area contributed by atoms with Crippen molar-refractivity contribution in [2.45, 2.75) is 36.6 Å². The Morgan fingerprint density at radius 2 is 2.29 bits per heavy atom. The number of hydrogen-bond donors (Lipinski definition) is 2. The zero-order valence-electron chi connectivity index (χ0n) is 9.92. The van der Waals surface area contributed by atoms with E-state index in [2.05, 4.69) is 5.32 Å². The molecule has 1 atom stereocenters. The number of nitrogens with one attached hydrogen (secondary N) is 1. The minimum Gasteiger partial charge on any atom is -0.398 e. The van der Waals surface area contributed by atoms with Crippen LogP contribution in [0, 0.1) is 0 Å². The van der Waals surface area contributed by atoms with Gasteiger partial charge in [-0.05, 0) is 49.8 Å². The highest BCUT2D eigenvalue weighted by Gasteiger charge is 2.12.